The smallest absolute Gasteiger partial charge is 0.253 e. The third-order valence-corrected chi connectivity index (χ3v) is 2.42. The Labute approximate surface area is 103 Å². The molecule has 4 nitrogen and oxygen atoms in total. The monoisotopic (exact) mass is 235 g/mol. The van der Waals surface area contributed by atoms with Gasteiger partial charge < -0.3 is 16.0 Å². The average molecular weight is 235 g/mol. The molecule has 94 valence electrons. The number of hydrogen-bond acceptors (Lipinski definition) is 3. The number of nitrogens with one attached hydrogen (secondary N) is 1. The highest BCUT2D eigenvalue weighted by Crippen LogP contribution is 2.21. The van der Waals surface area contributed by atoms with Gasteiger partial charge in [0.15, 0.2) is 0 Å². The summed E-state index contributed by atoms with van der Waals surface area (Å²) < 4.78 is 0. The molecule has 1 amide bonds. The molecule has 3 N–H and O–H groups in total. The zero-order valence-corrected chi connectivity index (χ0v) is 10.9. The number of nitrogens with two attached hydrogens (primary N) is 1. The Bertz CT molecular complexity index is 400. The van der Waals surface area contributed by atoms with Gasteiger partial charge in [-0.3, -0.25) is 4.79 Å². The number of carbonyl (C=O) groups is 1. The number of rotatable bonds is 4. The van der Waals surface area contributed by atoms with E-state index in [1.54, 1.807) is 12.1 Å². The van der Waals surface area contributed by atoms with E-state index in [2.05, 4.69) is 19.2 Å². The van der Waals surface area contributed by atoms with Gasteiger partial charge in [-0.15, -0.1) is 0 Å². The van der Waals surface area contributed by atoms with Crippen molar-refractivity contribution in [3.8, 4) is 0 Å². The fourth-order valence-corrected chi connectivity index (χ4v) is 1.52. The molecule has 0 aliphatic heterocycles. The van der Waals surface area contributed by atoms with Gasteiger partial charge in [0.25, 0.3) is 5.91 Å². The van der Waals surface area contributed by atoms with Gasteiger partial charge in [0.05, 0.1) is 5.56 Å². The highest BCUT2D eigenvalue weighted by Gasteiger charge is 2.13. The van der Waals surface area contributed by atoms with Crippen LogP contribution in [0.5, 0.6) is 0 Å². The molecular formula is C13H21N3O. The number of anilines is 2. The summed E-state index contributed by atoms with van der Waals surface area (Å²) in [5.74, 6) is 0.359. The fourth-order valence-electron chi connectivity index (χ4n) is 1.52. The van der Waals surface area contributed by atoms with E-state index in [1.165, 1.54) is 0 Å². The topological polar surface area (TPSA) is 58.4 Å². The molecule has 0 radical (unpaired) electrons. The zero-order chi connectivity index (χ0) is 13.0. The highest BCUT2D eigenvalue weighted by molar-refractivity contribution is 6.00. The van der Waals surface area contributed by atoms with Crippen molar-refractivity contribution in [2.45, 2.75) is 13.8 Å². The van der Waals surface area contributed by atoms with E-state index in [4.69, 9.17) is 5.73 Å². The first kappa shape index (κ1) is 13.4. The minimum absolute atomic E-state index is 0.0744. The minimum atomic E-state index is -0.0744. The molecule has 0 heterocycles. The first-order valence-electron chi connectivity index (χ1n) is 5.77. The van der Waals surface area contributed by atoms with Crippen LogP contribution in [0.1, 0.15) is 24.2 Å². The van der Waals surface area contributed by atoms with Crippen molar-refractivity contribution in [1.82, 2.24) is 5.32 Å². The lowest BCUT2D eigenvalue weighted by Gasteiger charge is -2.18. The maximum Gasteiger partial charge on any atom is 0.253 e. The number of hydrogen-bond donors (Lipinski definition) is 2. The molecular weight excluding hydrogens is 214 g/mol. The molecule has 0 aromatic heterocycles. The fraction of sp³-hybridized carbons (Fsp3) is 0.462. The van der Waals surface area contributed by atoms with Crippen LogP contribution in [0.2, 0.25) is 0 Å². The number of nitrogens with zero attached hydrogens (tertiary/aromatic N) is 1. The minimum Gasteiger partial charge on any atom is -0.399 e. The molecule has 0 spiro atoms. The zero-order valence-electron chi connectivity index (χ0n) is 10.9. The van der Waals surface area contributed by atoms with Gasteiger partial charge in [-0.25, -0.2) is 0 Å². The Morgan fingerprint density at radius 2 is 2.06 bits per heavy atom. The number of benzene rings is 1. The standard InChI is InChI=1S/C13H21N3O/c1-9(2)8-15-13(17)11-7-10(14)5-6-12(11)16(3)4/h5-7,9H,8,14H2,1-4H3,(H,15,17). The number of carbonyl (C=O) groups excluding carboxylic acids is 1. The van der Waals surface area contributed by atoms with Gasteiger partial charge in [-0.1, -0.05) is 13.8 Å². The van der Waals surface area contributed by atoms with Crippen LogP contribution in [-0.4, -0.2) is 26.5 Å². The molecule has 0 fully saturated rings. The van der Waals surface area contributed by atoms with Crippen LogP contribution in [0.25, 0.3) is 0 Å². The Morgan fingerprint density at radius 3 is 2.59 bits per heavy atom. The molecule has 0 bridgehead atoms. The summed E-state index contributed by atoms with van der Waals surface area (Å²) in [7, 11) is 3.81. The highest BCUT2D eigenvalue weighted by atomic mass is 16.1. The lowest BCUT2D eigenvalue weighted by atomic mass is 10.1. The molecule has 4 heteroatoms. The van der Waals surface area contributed by atoms with Crippen molar-refractivity contribution in [3.05, 3.63) is 23.8 Å². The normalized spacial score (nSPS) is 10.4. The molecule has 0 saturated heterocycles. The van der Waals surface area contributed by atoms with Crippen LogP contribution < -0.4 is 16.0 Å². The molecule has 17 heavy (non-hydrogen) atoms. The summed E-state index contributed by atoms with van der Waals surface area (Å²) in [6.45, 7) is 4.79. The molecule has 0 unspecified atom stereocenters. The third kappa shape index (κ3) is 3.66. The summed E-state index contributed by atoms with van der Waals surface area (Å²) in [5.41, 5.74) is 7.82. The molecule has 1 aromatic rings. The van der Waals surface area contributed by atoms with Crippen LogP contribution in [0, 0.1) is 5.92 Å². The van der Waals surface area contributed by atoms with Crippen molar-refractivity contribution >= 4 is 17.3 Å². The van der Waals surface area contributed by atoms with Gasteiger partial charge in [-0.05, 0) is 24.1 Å². The van der Waals surface area contributed by atoms with E-state index in [1.807, 2.05) is 25.1 Å². The quantitative estimate of drug-likeness (QED) is 0.781. The second-order valence-electron chi connectivity index (χ2n) is 4.77. The molecule has 0 atom stereocenters. The van der Waals surface area contributed by atoms with Crippen LogP contribution >= 0.6 is 0 Å². The van der Waals surface area contributed by atoms with Gasteiger partial charge in [0, 0.05) is 32.0 Å². The first-order valence-corrected chi connectivity index (χ1v) is 5.77. The second kappa shape index (κ2) is 5.57. The molecule has 0 aliphatic carbocycles. The Hall–Kier alpha value is -1.71. The Balaban J connectivity index is 2.94. The van der Waals surface area contributed by atoms with Crippen molar-refractivity contribution < 1.29 is 4.79 Å². The molecule has 0 saturated carbocycles. The number of nitrogen functional groups attached to an aromatic ring is 1. The molecule has 1 rings (SSSR count). The van der Waals surface area contributed by atoms with Crippen molar-refractivity contribution in [2.75, 3.05) is 31.3 Å². The van der Waals surface area contributed by atoms with E-state index < -0.39 is 0 Å². The lowest BCUT2D eigenvalue weighted by Crippen LogP contribution is -2.29. The summed E-state index contributed by atoms with van der Waals surface area (Å²) >= 11 is 0. The lowest BCUT2D eigenvalue weighted by molar-refractivity contribution is 0.0949. The van der Waals surface area contributed by atoms with Crippen LogP contribution in [-0.2, 0) is 0 Å². The summed E-state index contributed by atoms with van der Waals surface area (Å²) in [6.07, 6.45) is 0. The summed E-state index contributed by atoms with van der Waals surface area (Å²) in [6, 6.07) is 5.37. The van der Waals surface area contributed by atoms with Crippen LogP contribution in [0.4, 0.5) is 11.4 Å². The van der Waals surface area contributed by atoms with E-state index in [-0.39, 0.29) is 5.91 Å². The van der Waals surface area contributed by atoms with E-state index in [0.29, 0.717) is 23.7 Å². The van der Waals surface area contributed by atoms with E-state index in [9.17, 15) is 4.79 Å². The first-order chi connectivity index (χ1) is 7.91. The Kier molecular flexibility index (Phi) is 4.37. The summed E-state index contributed by atoms with van der Waals surface area (Å²) in [5, 5.41) is 2.90. The van der Waals surface area contributed by atoms with Gasteiger partial charge >= 0.3 is 0 Å². The second-order valence-corrected chi connectivity index (χ2v) is 4.77. The van der Waals surface area contributed by atoms with Crippen molar-refractivity contribution in [1.29, 1.82) is 0 Å². The van der Waals surface area contributed by atoms with Gasteiger partial charge in [0.2, 0.25) is 0 Å². The third-order valence-electron chi connectivity index (χ3n) is 2.42. The summed E-state index contributed by atoms with van der Waals surface area (Å²) in [4.78, 5) is 13.9. The predicted molar refractivity (Wildman–Crippen MR) is 72.4 cm³/mol. The van der Waals surface area contributed by atoms with Crippen molar-refractivity contribution in [2.24, 2.45) is 5.92 Å². The van der Waals surface area contributed by atoms with Crippen LogP contribution in [0.3, 0.4) is 0 Å². The predicted octanol–water partition coefficient (Wildman–Crippen LogP) is 1.72. The van der Waals surface area contributed by atoms with E-state index >= 15 is 0 Å². The Morgan fingerprint density at radius 1 is 1.41 bits per heavy atom. The van der Waals surface area contributed by atoms with Gasteiger partial charge in [0.1, 0.15) is 0 Å². The largest absolute Gasteiger partial charge is 0.399 e. The van der Waals surface area contributed by atoms with Crippen LogP contribution in [0.15, 0.2) is 18.2 Å². The molecule has 0 aliphatic rings. The maximum absolute atomic E-state index is 12.0. The maximum atomic E-state index is 12.0. The molecule has 1 aromatic carbocycles. The average Bonchev–Trinajstić information content (AvgIpc) is 2.25. The van der Waals surface area contributed by atoms with Gasteiger partial charge in [-0.2, -0.15) is 0 Å². The number of amides is 1. The SMILES string of the molecule is CC(C)CNC(=O)c1cc(N)ccc1N(C)C. The van der Waals surface area contributed by atoms with E-state index in [0.717, 1.165) is 5.69 Å². The van der Waals surface area contributed by atoms with Crippen molar-refractivity contribution in [3.63, 3.8) is 0 Å².